The zero-order chi connectivity index (χ0) is 13.8. The fraction of sp³-hybridized carbons (Fsp3) is 0.286. The van der Waals surface area contributed by atoms with Gasteiger partial charge in [-0.05, 0) is 32.0 Å². The molecule has 0 fully saturated rings. The third-order valence-corrected chi connectivity index (χ3v) is 1.90. The number of hydrogen-bond donors (Lipinski definition) is 1. The van der Waals surface area contributed by atoms with Crippen LogP contribution in [0.3, 0.4) is 0 Å². The summed E-state index contributed by atoms with van der Waals surface area (Å²) in [6.07, 6.45) is 0.673. The molecule has 0 aliphatic rings. The van der Waals surface area contributed by atoms with Crippen LogP contribution in [0.2, 0.25) is 0 Å². The maximum atomic E-state index is 10.9. The summed E-state index contributed by atoms with van der Waals surface area (Å²) < 4.78 is 4.97. The van der Waals surface area contributed by atoms with Crippen molar-refractivity contribution in [3.8, 4) is 17.6 Å². The zero-order valence-electron chi connectivity index (χ0n) is 10.5. The van der Waals surface area contributed by atoms with Crippen LogP contribution in [0.4, 0.5) is 0 Å². The van der Waals surface area contributed by atoms with Crippen molar-refractivity contribution in [2.24, 2.45) is 0 Å². The van der Waals surface area contributed by atoms with Gasteiger partial charge in [-0.3, -0.25) is 9.59 Å². The monoisotopic (exact) mass is 246 g/mol. The van der Waals surface area contributed by atoms with Crippen molar-refractivity contribution < 1.29 is 19.4 Å². The van der Waals surface area contributed by atoms with Gasteiger partial charge in [-0.15, -0.1) is 0 Å². The summed E-state index contributed by atoms with van der Waals surface area (Å²) in [5, 5.41) is 9.53. The summed E-state index contributed by atoms with van der Waals surface area (Å²) in [5.41, 5.74) is -0.354. The summed E-state index contributed by atoms with van der Waals surface area (Å²) in [6, 6.07) is 4.53. The Bertz CT molecular complexity index is 527. The minimum absolute atomic E-state index is 0.268. The first kappa shape index (κ1) is 13.9. The van der Waals surface area contributed by atoms with Gasteiger partial charge in [-0.2, -0.15) is 0 Å². The number of aldehydes is 1. The second-order valence-electron chi connectivity index (χ2n) is 4.28. The number of esters is 1. The Morgan fingerprint density at radius 1 is 1.44 bits per heavy atom. The van der Waals surface area contributed by atoms with Gasteiger partial charge in [0, 0.05) is 12.5 Å². The normalized spacial score (nSPS) is 10.2. The lowest BCUT2D eigenvalue weighted by Gasteiger charge is -2.08. The van der Waals surface area contributed by atoms with Crippen molar-refractivity contribution in [2.45, 2.75) is 26.4 Å². The van der Waals surface area contributed by atoms with Crippen molar-refractivity contribution in [3.05, 3.63) is 29.3 Å². The van der Waals surface area contributed by atoms with E-state index in [-0.39, 0.29) is 5.75 Å². The van der Waals surface area contributed by atoms with E-state index in [0.29, 0.717) is 17.4 Å². The highest BCUT2D eigenvalue weighted by Gasteiger charge is 2.09. The zero-order valence-corrected chi connectivity index (χ0v) is 10.5. The van der Waals surface area contributed by atoms with Gasteiger partial charge in [-0.1, -0.05) is 11.8 Å². The number of hydrogen-bond acceptors (Lipinski definition) is 4. The number of carbonyl (C=O) groups is 2. The van der Waals surface area contributed by atoms with Gasteiger partial charge in [0.1, 0.15) is 17.6 Å². The Labute approximate surface area is 106 Å². The third kappa shape index (κ3) is 4.40. The van der Waals surface area contributed by atoms with E-state index in [4.69, 9.17) is 4.74 Å². The van der Waals surface area contributed by atoms with Gasteiger partial charge >= 0.3 is 5.97 Å². The van der Waals surface area contributed by atoms with Crippen molar-refractivity contribution >= 4 is 12.3 Å². The van der Waals surface area contributed by atoms with Gasteiger partial charge in [0.05, 0.1) is 5.56 Å². The molecule has 18 heavy (non-hydrogen) atoms. The molecule has 1 aromatic carbocycles. The van der Waals surface area contributed by atoms with Gasteiger partial charge < -0.3 is 9.84 Å². The van der Waals surface area contributed by atoms with Crippen molar-refractivity contribution in [2.75, 3.05) is 0 Å². The molecule has 0 saturated carbocycles. The fourth-order valence-corrected chi connectivity index (χ4v) is 1.18. The van der Waals surface area contributed by atoms with E-state index >= 15 is 0 Å². The van der Waals surface area contributed by atoms with Crippen LogP contribution >= 0.6 is 0 Å². The minimum Gasteiger partial charge on any atom is -0.425 e. The van der Waals surface area contributed by atoms with Gasteiger partial charge in [0.25, 0.3) is 0 Å². The topological polar surface area (TPSA) is 63.6 Å². The third-order valence-electron chi connectivity index (χ3n) is 1.90. The second kappa shape index (κ2) is 5.48. The first-order chi connectivity index (χ1) is 8.31. The maximum Gasteiger partial charge on any atom is 0.308 e. The molecule has 1 N–H and O–H groups in total. The molecule has 1 rings (SSSR count). The Morgan fingerprint density at radius 2 is 2.11 bits per heavy atom. The van der Waals surface area contributed by atoms with Crippen molar-refractivity contribution in [1.29, 1.82) is 0 Å². The second-order valence-corrected chi connectivity index (χ2v) is 4.28. The summed E-state index contributed by atoms with van der Waals surface area (Å²) in [7, 11) is 0. The molecule has 0 unspecified atom stereocenters. The van der Waals surface area contributed by atoms with E-state index in [2.05, 4.69) is 11.8 Å². The van der Waals surface area contributed by atoms with E-state index in [1.54, 1.807) is 0 Å². The first-order valence-electron chi connectivity index (χ1n) is 5.35. The van der Waals surface area contributed by atoms with E-state index in [1.807, 2.05) is 0 Å². The first-order valence-corrected chi connectivity index (χ1v) is 5.35. The van der Waals surface area contributed by atoms with E-state index < -0.39 is 11.6 Å². The lowest BCUT2D eigenvalue weighted by Crippen LogP contribution is -2.14. The molecule has 1 aromatic rings. The standard InChI is InChI=1S/C14H14O4/c1-10(16)18-13-5-4-11(9-15)8-12(13)6-7-14(2,3)17/h4-5,8-9,17H,1-3H3. The van der Waals surface area contributed by atoms with Crippen LogP contribution in [-0.2, 0) is 4.79 Å². The highest BCUT2D eigenvalue weighted by Crippen LogP contribution is 2.19. The number of ether oxygens (including phenoxy) is 1. The van der Waals surface area contributed by atoms with Gasteiger partial charge in [0.2, 0.25) is 0 Å². The number of aliphatic hydroxyl groups is 1. The van der Waals surface area contributed by atoms with Crippen molar-refractivity contribution in [1.82, 2.24) is 0 Å². The van der Waals surface area contributed by atoms with Crippen LogP contribution in [-0.4, -0.2) is 23.0 Å². The molecular formula is C14H14O4. The molecule has 4 nitrogen and oxygen atoms in total. The highest BCUT2D eigenvalue weighted by atomic mass is 16.5. The molecule has 0 atom stereocenters. The molecule has 0 aliphatic carbocycles. The van der Waals surface area contributed by atoms with E-state index in [9.17, 15) is 14.7 Å². The molecule has 0 amide bonds. The summed E-state index contributed by atoms with van der Waals surface area (Å²) in [4.78, 5) is 21.6. The Balaban J connectivity index is 3.22. The molecule has 0 bridgehead atoms. The molecule has 0 radical (unpaired) electrons. The van der Waals surface area contributed by atoms with Crippen LogP contribution in [0, 0.1) is 11.8 Å². The molecule has 0 heterocycles. The molecule has 0 saturated heterocycles. The van der Waals surface area contributed by atoms with Crippen LogP contribution in [0.5, 0.6) is 5.75 Å². The average molecular weight is 246 g/mol. The summed E-state index contributed by atoms with van der Waals surface area (Å²) in [5.74, 6) is 5.09. The van der Waals surface area contributed by atoms with Crippen LogP contribution in [0.15, 0.2) is 18.2 Å². The van der Waals surface area contributed by atoms with E-state index in [0.717, 1.165) is 0 Å². The van der Waals surface area contributed by atoms with Crippen LogP contribution in [0.1, 0.15) is 36.7 Å². The Kier molecular flexibility index (Phi) is 4.24. The predicted octanol–water partition coefficient (Wildman–Crippen LogP) is 1.55. The van der Waals surface area contributed by atoms with Gasteiger partial charge in [0.15, 0.2) is 0 Å². The minimum atomic E-state index is -1.16. The largest absolute Gasteiger partial charge is 0.425 e. The van der Waals surface area contributed by atoms with Crippen LogP contribution < -0.4 is 4.74 Å². The maximum absolute atomic E-state index is 10.9. The Hall–Kier alpha value is -2.12. The fourth-order valence-electron chi connectivity index (χ4n) is 1.18. The summed E-state index contributed by atoms with van der Waals surface area (Å²) in [6.45, 7) is 4.35. The molecule has 0 aliphatic heterocycles. The lowest BCUT2D eigenvalue weighted by molar-refractivity contribution is -0.131. The smallest absolute Gasteiger partial charge is 0.308 e. The number of carbonyl (C=O) groups excluding carboxylic acids is 2. The van der Waals surface area contributed by atoms with E-state index in [1.165, 1.54) is 39.0 Å². The summed E-state index contributed by atoms with van der Waals surface area (Å²) >= 11 is 0. The number of benzene rings is 1. The quantitative estimate of drug-likeness (QED) is 0.372. The molecule has 4 heteroatoms. The highest BCUT2D eigenvalue weighted by molar-refractivity contribution is 5.77. The molecule has 0 aromatic heterocycles. The van der Waals surface area contributed by atoms with Crippen molar-refractivity contribution in [3.63, 3.8) is 0 Å². The molecule has 94 valence electrons. The van der Waals surface area contributed by atoms with Gasteiger partial charge in [-0.25, -0.2) is 0 Å². The average Bonchev–Trinajstić information content (AvgIpc) is 2.26. The Morgan fingerprint density at radius 3 is 2.61 bits per heavy atom. The predicted molar refractivity (Wildman–Crippen MR) is 66.3 cm³/mol. The lowest BCUT2D eigenvalue weighted by atomic mass is 10.1. The molecule has 0 spiro atoms. The molecular weight excluding hydrogens is 232 g/mol. The van der Waals surface area contributed by atoms with Crippen LogP contribution in [0.25, 0.3) is 0 Å². The SMILES string of the molecule is CC(=O)Oc1ccc(C=O)cc1C#CC(C)(C)O. The number of rotatable bonds is 2.